The summed E-state index contributed by atoms with van der Waals surface area (Å²) in [6, 6.07) is 13.6. The maximum atomic E-state index is 13.2. The van der Waals surface area contributed by atoms with Crippen LogP contribution < -0.4 is 0 Å². The van der Waals surface area contributed by atoms with Crippen molar-refractivity contribution in [2.75, 3.05) is 0 Å². The first-order chi connectivity index (χ1) is 35.2. The lowest BCUT2D eigenvalue weighted by atomic mass is 9.92. The molecule has 0 atom stereocenters. The van der Waals surface area contributed by atoms with Crippen LogP contribution in [0.4, 0.5) is 0 Å². The average molecular weight is 1100 g/mol. The Morgan fingerprint density at radius 2 is 0.487 bits per heavy atom. The van der Waals surface area contributed by atoms with Crippen LogP contribution in [-0.4, -0.2) is 71.8 Å². The molecule has 0 unspecified atom stereocenters. The Morgan fingerprint density at radius 1 is 0.303 bits per heavy atom. The predicted molar refractivity (Wildman–Crippen MR) is 297 cm³/mol. The molecule has 8 bridgehead atoms. The molecule has 0 spiro atoms. The van der Waals surface area contributed by atoms with Crippen LogP contribution in [0.15, 0.2) is 68.1 Å². The second kappa shape index (κ2) is 18.4. The van der Waals surface area contributed by atoms with Crippen molar-refractivity contribution < 1.29 is 51.9 Å². The fourth-order valence-electron chi connectivity index (χ4n) is 12.1. The summed E-state index contributed by atoms with van der Waals surface area (Å²) in [6.45, 7) is 19.8. The largest absolute Gasteiger partial charge is 0.354 e. The number of aromatic amines is 2. The molecule has 2 aliphatic rings. The number of H-pyrrole nitrogens is 2. The van der Waals surface area contributed by atoms with Gasteiger partial charge in [-0.05, 0) is 221 Å². The number of benzene rings is 4. The van der Waals surface area contributed by atoms with E-state index in [4.69, 9.17) is 9.97 Å². The molecule has 20 heteroatoms. The van der Waals surface area contributed by atoms with Gasteiger partial charge in [-0.25, -0.2) is 9.97 Å². The van der Waals surface area contributed by atoms with Crippen LogP contribution in [0, 0.1) is 83.1 Å². The molecule has 0 fully saturated rings. The molecule has 0 saturated carbocycles. The van der Waals surface area contributed by atoms with Crippen LogP contribution in [0.3, 0.4) is 0 Å². The second-order valence-electron chi connectivity index (χ2n) is 19.8. The summed E-state index contributed by atoms with van der Waals surface area (Å²) in [4.78, 5) is 16.4. The van der Waals surface area contributed by atoms with Crippen molar-refractivity contribution in [2.45, 2.75) is 103 Å². The number of nitrogens with one attached hydrogen (secondary N) is 2. The van der Waals surface area contributed by atoms with Crippen LogP contribution in [0.1, 0.15) is 89.5 Å². The molecule has 2 aliphatic heterocycles. The summed E-state index contributed by atoms with van der Waals surface area (Å²) in [5.41, 5.74) is 10.4. The van der Waals surface area contributed by atoms with Crippen molar-refractivity contribution in [1.29, 1.82) is 0 Å². The third-order valence-electron chi connectivity index (χ3n) is 14.4. The lowest BCUT2D eigenvalue weighted by molar-refractivity contribution is 0.479. The van der Waals surface area contributed by atoms with Crippen molar-refractivity contribution in [3.8, 4) is 44.5 Å². The van der Waals surface area contributed by atoms with Crippen LogP contribution in [-0.2, 0) is 40.5 Å². The molecule has 0 saturated heterocycles. The highest BCUT2D eigenvalue weighted by atomic mass is 32.2. The number of aryl methyl sites for hydroxylation is 8. The van der Waals surface area contributed by atoms with Gasteiger partial charge in [0.25, 0.3) is 40.5 Å². The van der Waals surface area contributed by atoms with Crippen molar-refractivity contribution in [3.63, 3.8) is 0 Å². The molecule has 76 heavy (non-hydrogen) atoms. The molecular weight excluding hydrogens is 1050 g/mol. The van der Waals surface area contributed by atoms with Crippen molar-refractivity contribution in [1.82, 2.24) is 19.9 Å². The van der Waals surface area contributed by atoms with E-state index in [2.05, 4.69) is 9.97 Å². The fourth-order valence-corrected chi connectivity index (χ4v) is 15.9. The summed E-state index contributed by atoms with van der Waals surface area (Å²) in [6.07, 6.45) is 6.88. The van der Waals surface area contributed by atoms with Gasteiger partial charge in [-0.3, -0.25) is 18.2 Å². The third-order valence-corrected chi connectivity index (χ3v) is 19.0. The molecule has 5 heterocycles. The first-order valence-corrected chi connectivity index (χ1v) is 29.5. The fraction of sp³-hybridized carbons (Fsp3) is 0.214. The highest BCUT2D eigenvalue weighted by Crippen LogP contribution is 2.46. The molecule has 7 aromatic rings. The zero-order valence-corrected chi connectivity index (χ0v) is 46.8. The number of hydrogen-bond donors (Lipinski definition) is 6. The normalized spacial score (nSPS) is 13.1. The van der Waals surface area contributed by atoms with Crippen LogP contribution in [0.2, 0.25) is 0 Å². The minimum atomic E-state index is -4.80. The highest BCUT2D eigenvalue weighted by molar-refractivity contribution is 7.86. The zero-order valence-electron chi connectivity index (χ0n) is 43.5. The van der Waals surface area contributed by atoms with Gasteiger partial charge in [0.05, 0.1) is 22.8 Å². The minimum absolute atomic E-state index is 0.211. The minimum Gasteiger partial charge on any atom is -0.354 e. The topological polar surface area (TPSA) is 275 Å². The van der Waals surface area contributed by atoms with E-state index >= 15 is 0 Å². The Kier molecular flexibility index (Phi) is 13.1. The Morgan fingerprint density at radius 3 is 0.658 bits per heavy atom. The van der Waals surface area contributed by atoms with Gasteiger partial charge in [-0.2, -0.15) is 33.7 Å². The van der Waals surface area contributed by atoms with Crippen molar-refractivity contribution in [3.05, 3.63) is 138 Å². The zero-order chi connectivity index (χ0) is 55.8. The number of rotatable bonds is 8. The number of nitrogens with zero attached hydrogens (tertiary/aromatic N) is 2. The molecule has 0 radical (unpaired) electrons. The SMILES string of the molecule is Cc1cc(C)c(S(=O)(=O)O)c(C)c1-c1c2nc(c(-c3c(C)cc(C)c(S(=O)(=O)O)c3C)c3ccc([nH]3)c(-c3c(C)cc(C)c(S(=O)(=O)O)c3C)c3nc(c(-c4c(C)cc(C)c(S(=O)(=O)O)c4C)c4ccc1[nH]4)C=C3)C=C2. The monoisotopic (exact) mass is 1100 g/mol. The molecule has 6 N–H and O–H groups in total. The van der Waals surface area contributed by atoms with E-state index in [0.717, 1.165) is 0 Å². The van der Waals surface area contributed by atoms with Gasteiger partial charge in [0, 0.05) is 44.3 Å². The summed E-state index contributed by atoms with van der Waals surface area (Å²) in [7, 11) is -19.2. The van der Waals surface area contributed by atoms with E-state index in [1.54, 1.807) is 156 Å². The van der Waals surface area contributed by atoms with Crippen LogP contribution in [0.5, 0.6) is 0 Å². The van der Waals surface area contributed by atoms with Crippen LogP contribution >= 0.6 is 0 Å². The maximum absolute atomic E-state index is 13.2. The second-order valence-corrected chi connectivity index (χ2v) is 25.2. The summed E-state index contributed by atoms with van der Waals surface area (Å²) in [5.74, 6) is 0. The smallest absolute Gasteiger partial charge is 0.295 e. The molecule has 4 aromatic carbocycles. The summed E-state index contributed by atoms with van der Waals surface area (Å²) < 4.78 is 148. The van der Waals surface area contributed by atoms with E-state index in [9.17, 15) is 51.9 Å². The lowest BCUT2D eigenvalue weighted by Gasteiger charge is -2.18. The molecule has 3 aromatic heterocycles. The summed E-state index contributed by atoms with van der Waals surface area (Å²) in [5, 5.41) is 0. The third kappa shape index (κ3) is 8.95. The molecular formula is C56H54N4O12S4. The molecule has 16 nitrogen and oxygen atoms in total. The first-order valence-electron chi connectivity index (χ1n) is 23.7. The van der Waals surface area contributed by atoms with E-state index in [1.807, 2.05) is 0 Å². The molecule has 394 valence electrons. The standard InChI is InChI=1S/C56H54N4O12S4/c1-25-21-29(5)53(73(61,62)63)33(9)45(25)49-37-13-15-39(57-37)50(46-26(2)22-30(6)54(34(46)10)74(64,65)66)41-17-19-43(59-41)52(48-28(4)24-32(8)56(36(48)12)76(70,71)72)44-20-18-42(60-44)51(40-16-14-38(49)58-40)47-27(3)23-31(7)55(35(47)11)75(67,68)69/h13-24,57,60H,1-12H3,(H,61,62,63)(H,64,65,66)(H,67,68,69)(H,70,71,72). The highest BCUT2D eigenvalue weighted by Gasteiger charge is 2.30. The van der Waals surface area contributed by atoms with Crippen LogP contribution in [0.25, 0.3) is 90.9 Å². The van der Waals surface area contributed by atoms with Crippen molar-refractivity contribution in [2.24, 2.45) is 0 Å². The lowest BCUT2D eigenvalue weighted by Crippen LogP contribution is -2.07. The van der Waals surface area contributed by atoms with Gasteiger partial charge in [0.2, 0.25) is 0 Å². The Balaban J connectivity index is 1.62. The average Bonchev–Trinajstić information content (AvgIpc) is 4.12. The Hall–Kier alpha value is -6.88. The number of aromatic nitrogens is 4. The quantitative estimate of drug-likeness (QED) is 0.0772. The van der Waals surface area contributed by atoms with Gasteiger partial charge in [0.1, 0.15) is 19.6 Å². The predicted octanol–water partition coefficient (Wildman–Crippen LogP) is 12.0. The van der Waals surface area contributed by atoms with Gasteiger partial charge in [-0.1, -0.05) is 24.3 Å². The van der Waals surface area contributed by atoms with E-state index in [1.165, 1.54) is 0 Å². The number of fused-ring (bicyclic) bond motifs is 8. The summed E-state index contributed by atoms with van der Waals surface area (Å²) >= 11 is 0. The first kappa shape index (κ1) is 53.9. The van der Waals surface area contributed by atoms with E-state index in [0.29, 0.717) is 134 Å². The molecule has 0 aliphatic carbocycles. The Bertz CT molecular complexity index is 3960. The van der Waals surface area contributed by atoms with Gasteiger partial charge in [-0.15, -0.1) is 0 Å². The van der Waals surface area contributed by atoms with Gasteiger partial charge in [0.15, 0.2) is 0 Å². The molecule has 0 amide bonds. The van der Waals surface area contributed by atoms with Crippen molar-refractivity contribution >= 4 is 86.8 Å². The maximum Gasteiger partial charge on any atom is 0.295 e. The van der Waals surface area contributed by atoms with E-state index < -0.39 is 40.5 Å². The molecule has 9 rings (SSSR count). The Labute approximate surface area is 441 Å². The number of hydrogen-bond acceptors (Lipinski definition) is 10. The van der Waals surface area contributed by atoms with Gasteiger partial charge < -0.3 is 9.97 Å². The van der Waals surface area contributed by atoms with E-state index in [-0.39, 0.29) is 41.8 Å². The van der Waals surface area contributed by atoms with Gasteiger partial charge >= 0.3 is 0 Å².